The molecule has 118 valence electrons. The minimum absolute atomic E-state index is 0.137. The second kappa shape index (κ2) is 5.22. The zero-order chi connectivity index (χ0) is 15.9. The van der Waals surface area contributed by atoms with Crippen LogP contribution in [0.2, 0.25) is 0 Å². The van der Waals surface area contributed by atoms with Crippen molar-refractivity contribution in [3.8, 4) is 0 Å². The molecule has 1 aliphatic carbocycles. The maximum atomic E-state index is 13.5. The van der Waals surface area contributed by atoms with E-state index in [0.29, 0.717) is 25.0 Å². The predicted octanol–water partition coefficient (Wildman–Crippen LogP) is 1.90. The second-order valence-electron chi connectivity index (χ2n) is 5.13. The summed E-state index contributed by atoms with van der Waals surface area (Å²) in [6, 6.07) is 1.21. The lowest BCUT2D eigenvalue weighted by molar-refractivity contribution is -0.137. The normalized spacial score (nSPS) is 17.8. The number of halogens is 4. The zero-order valence-corrected chi connectivity index (χ0v) is 11.6. The lowest BCUT2D eigenvalue weighted by atomic mass is 10.1. The van der Waals surface area contributed by atoms with E-state index in [9.17, 15) is 26.0 Å². The molecule has 9 heteroatoms. The number of benzene rings is 1. The number of aliphatic hydroxyl groups is 1. The lowest BCUT2D eigenvalue weighted by Crippen LogP contribution is -2.32. The Bertz CT molecular complexity index is 638. The van der Waals surface area contributed by atoms with E-state index < -0.39 is 37.9 Å². The van der Waals surface area contributed by atoms with E-state index in [-0.39, 0.29) is 19.2 Å². The van der Waals surface area contributed by atoms with Crippen molar-refractivity contribution in [3.05, 3.63) is 29.6 Å². The van der Waals surface area contributed by atoms with Crippen molar-refractivity contribution >= 4 is 10.0 Å². The van der Waals surface area contributed by atoms with Crippen molar-refractivity contribution in [1.29, 1.82) is 0 Å². The van der Waals surface area contributed by atoms with Crippen LogP contribution in [-0.2, 0) is 16.2 Å². The van der Waals surface area contributed by atoms with Crippen LogP contribution in [0.15, 0.2) is 23.1 Å². The second-order valence-corrected chi connectivity index (χ2v) is 6.86. The number of hydrogen-bond donors (Lipinski definition) is 2. The summed E-state index contributed by atoms with van der Waals surface area (Å²) in [4.78, 5) is -1.05. The third kappa shape index (κ3) is 3.53. The third-order valence-electron chi connectivity index (χ3n) is 3.48. The molecule has 2 rings (SSSR count). The van der Waals surface area contributed by atoms with Crippen molar-refractivity contribution in [2.75, 3.05) is 13.2 Å². The van der Waals surface area contributed by atoms with Crippen LogP contribution in [0.25, 0.3) is 0 Å². The molecular formula is C12H13F4NO3S. The van der Waals surface area contributed by atoms with Crippen LogP contribution < -0.4 is 4.72 Å². The minimum atomic E-state index is -4.76. The summed E-state index contributed by atoms with van der Waals surface area (Å²) < 4.78 is 77.1. The molecule has 1 aliphatic rings. The van der Waals surface area contributed by atoms with Gasteiger partial charge in [-0.25, -0.2) is 17.5 Å². The molecule has 0 heterocycles. The van der Waals surface area contributed by atoms with Crippen molar-refractivity contribution in [2.45, 2.75) is 23.9 Å². The number of aliphatic hydroxyl groups excluding tert-OH is 1. The van der Waals surface area contributed by atoms with Gasteiger partial charge in [-0.3, -0.25) is 0 Å². The van der Waals surface area contributed by atoms with Crippen LogP contribution in [0.1, 0.15) is 18.4 Å². The first-order valence-corrected chi connectivity index (χ1v) is 7.55. The average molecular weight is 327 g/mol. The van der Waals surface area contributed by atoms with Gasteiger partial charge in [0, 0.05) is 18.6 Å². The van der Waals surface area contributed by atoms with Crippen LogP contribution in [0.3, 0.4) is 0 Å². The van der Waals surface area contributed by atoms with E-state index in [2.05, 4.69) is 4.72 Å². The Morgan fingerprint density at radius 1 is 1.29 bits per heavy atom. The third-order valence-corrected chi connectivity index (χ3v) is 4.89. The molecule has 0 aromatic heterocycles. The van der Waals surface area contributed by atoms with Gasteiger partial charge in [-0.15, -0.1) is 0 Å². The van der Waals surface area contributed by atoms with E-state index in [4.69, 9.17) is 5.11 Å². The van der Waals surface area contributed by atoms with E-state index >= 15 is 0 Å². The van der Waals surface area contributed by atoms with Crippen LogP contribution >= 0.6 is 0 Å². The molecule has 0 spiro atoms. The Hall–Kier alpha value is -1.19. The Balaban J connectivity index is 2.27. The molecule has 4 nitrogen and oxygen atoms in total. The van der Waals surface area contributed by atoms with Crippen molar-refractivity contribution < 1.29 is 31.1 Å². The fourth-order valence-electron chi connectivity index (χ4n) is 1.78. The molecule has 1 saturated carbocycles. The summed E-state index contributed by atoms with van der Waals surface area (Å²) in [5.74, 6) is -1.26. The van der Waals surface area contributed by atoms with E-state index in [1.807, 2.05) is 0 Å². The molecule has 0 amide bonds. The molecule has 0 aliphatic heterocycles. The lowest BCUT2D eigenvalue weighted by Gasteiger charge is -2.14. The maximum absolute atomic E-state index is 13.5. The molecule has 0 bridgehead atoms. The molecular weight excluding hydrogens is 314 g/mol. The van der Waals surface area contributed by atoms with Gasteiger partial charge in [0.15, 0.2) is 0 Å². The summed E-state index contributed by atoms with van der Waals surface area (Å²) in [6.07, 6.45) is -3.55. The minimum Gasteiger partial charge on any atom is -0.396 e. The Morgan fingerprint density at radius 2 is 1.90 bits per heavy atom. The molecule has 2 N–H and O–H groups in total. The number of nitrogens with one attached hydrogen (secondary N) is 1. The van der Waals surface area contributed by atoms with Gasteiger partial charge in [-0.1, -0.05) is 0 Å². The summed E-state index contributed by atoms with van der Waals surface area (Å²) in [6.45, 7) is -0.373. The monoisotopic (exact) mass is 327 g/mol. The van der Waals surface area contributed by atoms with E-state index in [0.717, 1.165) is 0 Å². The Morgan fingerprint density at radius 3 is 2.38 bits per heavy atom. The van der Waals surface area contributed by atoms with Crippen LogP contribution in [0, 0.1) is 11.2 Å². The summed E-state index contributed by atoms with van der Waals surface area (Å²) >= 11 is 0. The van der Waals surface area contributed by atoms with E-state index in [1.54, 1.807) is 0 Å². The molecule has 0 saturated heterocycles. The van der Waals surface area contributed by atoms with Crippen LogP contribution in [0.5, 0.6) is 0 Å². The number of hydrogen-bond acceptors (Lipinski definition) is 3. The number of sulfonamides is 1. The van der Waals surface area contributed by atoms with E-state index in [1.165, 1.54) is 0 Å². The molecule has 0 atom stereocenters. The van der Waals surface area contributed by atoms with Crippen LogP contribution in [0.4, 0.5) is 17.6 Å². The van der Waals surface area contributed by atoms with Gasteiger partial charge in [0.05, 0.1) is 5.56 Å². The zero-order valence-electron chi connectivity index (χ0n) is 10.7. The van der Waals surface area contributed by atoms with Gasteiger partial charge in [-0.2, -0.15) is 13.2 Å². The summed E-state index contributed by atoms with van der Waals surface area (Å²) in [5.41, 5.74) is -1.82. The molecule has 0 radical (unpaired) electrons. The Kier molecular flexibility index (Phi) is 4.02. The van der Waals surface area contributed by atoms with Gasteiger partial charge < -0.3 is 5.11 Å². The number of rotatable bonds is 5. The van der Waals surface area contributed by atoms with Gasteiger partial charge in [0.25, 0.3) is 0 Å². The molecule has 21 heavy (non-hydrogen) atoms. The van der Waals surface area contributed by atoms with Crippen LogP contribution in [-0.4, -0.2) is 26.7 Å². The fourth-order valence-corrected chi connectivity index (χ4v) is 3.04. The smallest absolute Gasteiger partial charge is 0.396 e. The van der Waals surface area contributed by atoms with Crippen molar-refractivity contribution in [3.63, 3.8) is 0 Å². The van der Waals surface area contributed by atoms with Crippen molar-refractivity contribution in [2.24, 2.45) is 5.41 Å². The number of alkyl halides is 3. The van der Waals surface area contributed by atoms with Gasteiger partial charge in [-0.05, 0) is 31.0 Å². The molecule has 0 unspecified atom stereocenters. The standard InChI is InChI=1S/C12H13F4NO3S/c13-9-2-1-8(12(14,15)16)5-10(9)21(19,20)17-6-11(7-18)3-4-11/h1-2,5,17-18H,3-4,6-7H2. The Labute approximate surface area is 118 Å². The van der Waals surface area contributed by atoms with Gasteiger partial charge in [0.2, 0.25) is 10.0 Å². The summed E-state index contributed by atoms with van der Waals surface area (Å²) in [7, 11) is -4.41. The molecule has 1 aromatic carbocycles. The highest BCUT2D eigenvalue weighted by Crippen LogP contribution is 2.44. The van der Waals surface area contributed by atoms with Gasteiger partial charge in [0.1, 0.15) is 10.7 Å². The predicted molar refractivity (Wildman–Crippen MR) is 65.3 cm³/mol. The highest BCUT2D eigenvalue weighted by molar-refractivity contribution is 7.89. The van der Waals surface area contributed by atoms with Gasteiger partial charge >= 0.3 is 6.18 Å². The summed E-state index contributed by atoms with van der Waals surface area (Å²) in [5, 5.41) is 9.07. The quantitative estimate of drug-likeness (QED) is 0.812. The highest BCUT2D eigenvalue weighted by Gasteiger charge is 2.43. The first-order valence-electron chi connectivity index (χ1n) is 6.07. The first kappa shape index (κ1) is 16.2. The maximum Gasteiger partial charge on any atom is 0.416 e. The van der Waals surface area contributed by atoms with Crippen molar-refractivity contribution in [1.82, 2.24) is 4.72 Å². The SMILES string of the molecule is O=S(=O)(NCC1(CO)CC1)c1cc(C(F)(F)F)ccc1F. The topological polar surface area (TPSA) is 66.4 Å². The largest absolute Gasteiger partial charge is 0.416 e. The highest BCUT2D eigenvalue weighted by atomic mass is 32.2. The first-order chi connectivity index (χ1) is 9.60. The molecule has 1 fully saturated rings. The molecule has 1 aromatic rings. The average Bonchev–Trinajstić information content (AvgIpc) is 3.16. The fraction of sp³-hybridized carbons (Fsp3) is 0.500.